The van der Waals surface area contributed by atoms with Gasteiger partial charge in [-0.1, -0.05) is 23.2 Å². The predicted molar refractivity (Wildman–Crippen MR) is 115 cm³/mol. The van der Waals surface area contributed by atoms with Crippen LogP contribution in [0, 0.1) is 0 Å². The molecule has 2 aromatic carbocycles. The zero-order valence-corrected chi connectivity index (χ0v) is 17.4. The molecule has 0 N–H and O–H groups in total. The van der Waals surface area contributed by atoms with E-state index >= 15 is 0 Å². The Bertz CT molecular complexity index is 652. The molecule has 0 aliphatic rings. The molecule has 138 valence electrons. The van der Waals surface area contributed by atoms with Gasteiger partial charge in [0.15, 0.2) is 11.6 Å². The Balaban J connectivity index is 1.51. The molecule has 0 radical (unpaired) electrons. The molecule has 2 nitrogen and oxygen atoms in total. The zero-order valence-electron chi connectivity index (χ0n) is 14.3. The first-order valence-electron chi connectivity index (χ1n) is 8.29. The van der Waals surface area contributed by atoms with Crippen molar-refractivity contribution in [2.24, 2.45) is 0 Å². The minimum Gasteiger partial charge on any atom is -0.293 e. The highest BCUT2D eigenvalue weighted by atomic mass is 35.5. The van der Waals surface area contributed by atoms with Gasteiger partial charge in [-0.2, -0.15) is 23.5 Å². The molecule has 6 heteroatoms. The van der Waals surface area contributed by atoms with Gasteiger partial charge in [-0.05, 0) is 72.9 Å². The molecule has 0 aliphatic heterocycles. The Hall–Kier alpha value is -0.940. The van der Waals surface area contributed by atoms with E-state index in [0.29, 0.717) is 32.7 Å². The molecule has 2 aromatic rings. The van der Waals surface area contributed by atoms with Crippen LogP contribution in [0.4, 0.5) is 0 Å². The van der Waals surface area contributed by atoms with E-state index < -0.39 is 0 Å². The smallest absolute Gasteiger partial charge is 0.172 e. The third kappa shape index (κ3) is 7.75. The first-order valence-corrected chi connectivity index (χ1v) is 11.4. The highest BCUT2D eigenvalue weighted by molar-refractivity contribution is 8.00. The Morgan fingerprint density at radius 3 is 1.35 bits per heavy atom. The van der Waals surface area contributed by atoms with Crippen molar-refractivity contribution in [2.45, 2.75) is 12.8 Å². The lowest BCUT2D eigenvalue weighted by Crippen LogP contribution is -2.03. The van der Waals surface area contributed by atoms with Gasteiger partial charge in [0.2, 0.25) is 0 Å². The number of thioether (sulfide) groups is 2. The number of carbonyl (C=O) groups excluding carboxylic acids is 2. The van der Waals surface area contributed by atoms with Crippen LogP contribution < -0.4 is 0 Å². The molecule has 0 amide bonds. The van der Waals surface area contributed by atoms with E-state index in [1.54, 1.807) is 72.1 Å². The van der Waals surface area contributed by atoms with Gasteiger partial charge in [0.25, 0.3) is 0 Å². The van der Waals surface area contributed by atoms with Crippen molar-refractivity contribution < 1.29 is 9.59 Å². The Labute approximate surface area is 173 Å². The number of hydrogen-bond donors (Lipinski definition) is 0. The minimum atomic E-state index is 0.134. The number of Topliss-reactive ketones (excluding diaryl/α,β-unsaturated/α-hetero) is 2. The molecule has 0 unspecified atom stereocenters. The summed E-state index contributed by atoms with van der Waals surface area (Å²) in [6.45, 7) is 0. The predicted octanol–water partition coefficient (Wildman–Crippen LogP) is 6.31. The van der Waals surface area contributed by atoms with Crippen molar-refractivity contribution in [1.82, 2.24) is 0 Å². The van der Waals surface area contributed by atoms with Crippen LogP contribution in [0.5, 0.6) is 0 Å². The summed E-state index contributed by atoms with van der Waals surface area (Å²) in [5.41, 5.74) is 1.41. The molecule has 26 heavy (non-hydrogen) atoms. The second kappa shape index (κ2) is 11.7. The first-order chi connectivity index (χ1) is 12.6. The van der Waals surface area contributed by atoms with Crippen molar-refractivity contribution in [3.8, 4) is 0 Å². The second-order valence-corrected chi connectivity index (χ2v) is 8.76. The number of ketones is 2. The summed E-state index contributed by atoms with van der Waals surface area (Å²) in [6, 6.07) is 14.0. The fourth-order valence-corrected chi connectivity index (χ4v) is 4.24. The lowest BCUT2D eigenvalue weighted by Gasteiger charge is -2.03. The van der Waals surface area contributed by atoms with Crippen LogP contribution in [-0.4, -0.2) is 34.6 Å². The molecule has 0 spiro atoms. The average molecular weight is 427 g/mol. The molecule has 0 aromatic heterocycles. The molecular formula is C20H20Cl2O2S2. The van der Waals surface area contributed by atoms with Gasteiger partial charge in [0, 0.05) is 21.2 Å². The second-order valence-electron chi connectivity index (χ2n) is 5.67. The van der Waals surface area contributed by atoms with Crippen LogP contribution >= 0.6 is 46.7 Å². The highest BCUT2D eigenvalue weighted by Gasteiger charge is 2.07. The number of benzene rings is 2. The Morgan fingerprint density at radius 1 is 0.654 bits per heavy atom. The summed E-state index contributed by atoms with van der Waals surface area (Å²) in [6.07, 6.45) is 2.08. The molecular weight excluding hydrogens is 407 g/mol. The topological polar surface area (TPSA) is 34.1 Å². The summed E-state index contributed by atoms with van der Waals surface area (Å²) >= 11 is 14.9. The van der Waals surface area contributed by atoms with Crippen LogP contribution in [0.2, 0.25) is 10.0 Å². The van der Waals surface area contributed by atoms with Gasteiger partial charge in [-0.3, -0.25) is 9.59 Å². The van der Waals surface area contributed by atoms with Crippen LogP contribution in [0.1, 0.15) is 33.6 Å². The summed E-state index contributed by atoms with van der Waals surface area (Å²) in [7, 11) is 0. The fourth-order valence-electron chi connectivity index (χ4n) is 2.18. The first kappa shape index (κ1) is 21.4. The Kier molecular flexibility index (Phi) is 9.62. The largest absolute Gasteiger partial charge is 0.293 e. The van der Waals surface area contributed by atoms with Crippen molar-refractivity contribution in [3.63, 3.8) is 0 Å². The fraction of sp³-hybridized carbons (Fsp3) is 0.300. The van der Waals surface area contributed by atoms with Gasteiger partial charge in [-0.25, -0.2) is 0 Å². The van der Waals surface area contributed by atoms with E-state index in [-0.39, 0.29) is 11.6 Å². The van der Waals surface area contributed by atoms with E-state index in [0.717, 1.165) is 24.3 Å². The molecule has 0 aliphatic carbocycles. The number of hydrogen-bond acceptors (Lipinski definition) is 4. The van der Waals surface area contributed by atoms with Gasteiger partial charge in [0.1, 0.15) is 0 Å². The van der Waals surface area contributed by atoms with Crippen molar-refractivity contribution in [3.05, 3.63) is 69.7 Å². The quantitative estimate of drug-likeness (QED) is 0.311. The third-order valence-corrected chi connectivity index (χ3v) is 6.22. The summed E-state index contributed by atoms with van der Waals surface area (Å²) in [5, 5.41) is 1.28. The number of carbonyl (C=O) groups is 2. The molecule has 0 atom stereocenters. The zero-order chi connectivity index (χ0) is 18.8. The van der Waals surface area contributed by atoms with Gasteiger partial charge in [-0.15, -0.1) is 0 Å². The third-order valence-electron chi connectivity index (χ3n) is 3.63. The lowest BCUT2D eigenvalue weighted by molar-refractivity contribution is 0.101. The molecule has 0 bridgehead atoms. The maximum absolute atomic E-state index is 12.0. The molecule has 2 rings (SSSR count). The molecule has 0 fully saturated rings. The van der Waals surface area contributed by atoms with E-state index in [9.17, 15) is 9.59 Å². The lowest BCUT2D eigenvalue weighted by atomic mass is 10.1. The molecule has 0 heterocycles. The van der Waals surface area contributed by atoms with Crippen LogP contribution in [0.25, 0.3) is 0 Å². The van der Waals surface area contributed by atoms with Crippen molar-refractivity contribution in [1.29, 1.82) is 0 Å². The van der Waals surface area contributed by atoms with E-state index in [4.69, 9.17) is 23.2 Å². The van der Waals surface area contributed by atoms with Crippen LogP contribution in [0.3, 0.4) is 0 Å². The number of unbranched alkanes of at least 4 members (excludes halogenated alkanes) is 1. The summed E-state index contributed by atoms with van der Waals surface area (Å²) in [4.78, 5) is 24.0. The van der Waals surface area contributed by atoms with Crippen molar-refractivity contribution >= 4 is 58.3 Å². The summed E-state index contributed by atoms with van der Waals surface area (Å²) in [5.74, 6) is 3.15. The normalized spacial score (nSPS) is 10.7. The highest BCUT2D eigenvalue weighted by Crippen LogP contribution is 2.15. The van der Waals surface area contributed by atoms with E-state index in [2.05, 4.69) is 0 Å². The molecule has 0 saturated carbocycles. The van der Waals surface area contributed by atoms with E-state index in [1.165, 1.54) is 0 Å². The van der Waals surface area contributed by atoms with Gasteiger partial charge >= 0.3 is 0 Å². The van der Waals surface area contributed by atoms with Crippen molar-refractivity contribution in [2.75, 3.05) is 23.0 Å². The maximum Gasteiger partial charge on any atom is 0.172 e. The number of halogens is 2. The molecule has 0 saturated heterocycles. The SMILES string of the molecule is O=C(CSCCCCSCC(=O)c1ccc(Cl)cc1)c1ccc(Cl)cc1. The van der Waals surface area contributed by atoms with Gasteiger partial charge in [0.05, 0.1) is 11.5 Å². The standard InChI is InChI=1S/C20H20Cl2O2S2/c21-17-7-3-15(4-8-17)19(23)13-25-11-1-2-12-26-14-20(24)16-5-9-18(22)10-6-16/h3-10H,1-2,11-14H2. The van der Waals surface area contributed by atoms with Gasteiger partial charge < -0.3 is 0 Å². The maximum atomic E-state index is 12.0. The monoisotopic (exact) mass is 426 g/mol. The van der Waals surface area contributed by atoms with Crippen LogP contribution in [0.15, 0.2) is 48.5 Å². The van der Waals surface area contributed by atoms with Crippen LogP contribution in [-0.2, 0) is 0 Å². The average Bonchev–Trinajstić information content (AvgIpc) is 2.64. The minimum absolute atomic E-state index is 0.134. The Morgan fingerprint density at radius 2 is 1.00 bits per heavy atom. The number of rotatable bonds is 11. The van der Waals surface area contributed by atoms with E-state index in [1.807, 2.05) is 0 Å². The summed E-state index contributed by atoms with van der Waals surface area (Å²) < 4.78 is 0.